The SMILES string of the molecule is CC(N)c1ccc(C#N)c(Cl)c1. The lowest BCUT2D eigenvalue weighted by atomic mass is 10.1. The minimum atomic E-state index is -0.0461. The highest BCUT2D eigenvalue weighted by Crippen LogP contribution is 2.19. The van der Waals surface area contributed by atoms with Crippen LogP contribution in [0.3, 0.4) is 0 Å². The van der Waals surface area contributed by atoms with Gasteiger partial charge in [-0.3, -0.25) is 0 Å². The van der Waals surface area contributed by atoms with Gasteiger partial charge in [-0.15, -0.1) is 0 Å². The van der Waals surface area contributed by atoms with E-state index in [-0.39, 0.29) is 6.04 Å². The Labute approximate surface area is 76.6 Å². The van der Waals surface area contributed by atoms with Gasteiger partial charge < -0.3 is 5.73 Å². The van der Waals surface area contributed by atoms with Crippen molar-refractivity contribution in [3.63, 3.8) is 0 Å². The Morgan fingerprint density at radius 2 is 2.25 bits per heavy atom. The lowest BCUT2D eigenvalue weighted by molar-refractivity contribution is 0.818. The molecule has 0 saturated carbocycles. The molecule has 1 atom stereocenters. The third-order valence-electron chi connectivity index (χ3n) is 1.64. The number of nitrogens with zero attached hydrogens (tertiary/aromatic N) is 1. The molecule has 1 aromatic carbocycles. The van der Waals surface area contributed by atoms with Gasteiger partial charge in [0.2, 0.25) is 0 Å². The molecule has 12 heavy (non-hydrogen) atoms. The summed E-state index contributed by atoms with van der Waals surface area (Å²) in [4.78, 5) is 0. The summed E-state index contributed by atoms with van der Waals surface area (Å²) in [7, 11) is 0. The highest BCUT2D eigenvalue weighted by atomic mass is 35.5. The summed E-state index contributed by atoms with van der Waals surface area (Å²) in [6, 6.07) is 7.17. The maximum atomic E-state index is 8.58. The van der Waals surface area contributed by atoms with Gasteiger partial charge in [-0.2, -0.15) is 5.26 Å². The summed E-state index contributed by atoms with van der Waals surface area (Å²) in [5.41, 5.74) is 7.06. The first kappa shape index (κ1) is 9.05. The molecule has 2 nitrogen and oxygen atoms in total. The molecule has 0 aromatic heterocycles. The number of hydrogen-bond acceptors (Lipinski definition) is 2. The van der Waals surface area contributed by atoms with E-state index in [1.807, 2.05) is 19.1 Å². The zero-order chi connectivity index (χ0) is 9.14. The van der Waals surface area contributed by atoms with Crippen molar-refractivity contribution in [3.05, 3.63) is 34.3 Å². The largest absolute Gasteiger partial charge is 0.324 e. The molecule has 62 valence electrons. The highest BCUT2D eigenvalue weighted by Gasteiger charge is 2.03. The van der Waals surface area contributed by atoms with Crippen LogP contribution in [0, 0.1) is 11.3 Å². The molecular formula is C9H9ClN2. The Kier molecular flexibility index (Phi) is 2.69. The van der Waals surface area contributed by atoms with E-state index >= 15 is 0 Å². The van der Waals surface area contributed by atoms with E-state index in [4.69, 9.17) is 22.6 Å². The Bertz CT molecular complexity index is 326. The predicted octanol–water partition coefficient (Wildman–Crippen LogP) is 2.23. The minimum Gasteiger partial charge on any atom is -0.324 e. The van der Waals surface area contributed by atoms with Gasteiger partial charge in [0, 0.05) is 6.04 Å². The van der Waals surface area contributed by atoms with Gasteiger partial charge in [0.05, 0.1) is 10.6 Å². The number of benzene rings is 1. The molecular weight excluding hydrogens is 172 g/mol. The fourth-order valence-corrected chi connectivity index (χ4v) is 1.14. The molecule has 0 aliphatic heterocycles. The van der Waals surface area contributed by atoms with Crippen LogP contribution in [-0.2, 0) is 0 Å². The second-order valence-corrected chi connectivity index (χ2v) is 3.05. The topological polar surface area (TPSA) is 49.8 Å². The predicted molar refractivity (Wildman–Crippen MR) is 48.8 cm³/mol. The quantitative estimate of drug-likeness (QED) is 0.721. The Hall–Kier alpha value is -1.04. The van der Waals surface area contributed by atoms with Crippen molar-refractivity contribution in [2.75, 3.05) is 0 Å². The molecule has 3 heteroatoms. The van der Waals surface area contributed by atoms with E-state index < -0.39 is 0 Å². The number of nitrogens with two attached hydrogens (primary N) is 1. The van der Waals surface area contributed by atoms with Crippen molar-refractivity contribution in [1.82, 2.24) is 0 Å². The van der Waals surface area contributed by atoms with E-state index in [9.17, 15) is 0 Å². The van der Waals surface area contributed by atoms with Crippen LogP contribution in [0.15, 0.2) is 18.2 Å². The van der Waals surface area contributed by atoms with Crippen LogP contribution in [0.2, 0.25) is 5.02 Å². The van der Waals surface area contributed by atoms with Crippen LogP contribution in [0.25, 0.3) is 0 Å². The summed E-state index contributed by atoms with van der Waals surface area (Å²) in [5, 5.41) is 9.05. The van der Waals surface area contributed by atoms with Gasteiger partial charge in [0.25, 0.3) is 0 Å². The molecule has 1 rings (SSSR count). The molecule has 2 N–H and O–H groups in total. The van der Waals surface area contributed by atoms with Crippen LogP contribution in [-0.4, -0.2) is 0 Å². The fraction of sp³-hybridized carbons (Fsp3) is 0.222. The van der Waals surface area contributed by atoms with Crippen LogP contribution in [0.1, 0.15) is 24.1 Å². The maximum absolute atomic E-state index is 8.58. The molecule has 0 saturated heterocycles. The molecule has 1 aromatic rings. The Balaban J connectivity index is 3.12. The Morgan fingerprint density at radius 1 is 1.58 bits per heavy atom. The second-order valence-electron chi connectivity index (χ2n) is 2.64. The molecule has 0 spiro atoms. The summed E-state index contributed by atoms with van der Waals surface area (Å²) in [6.45, 7) is 1.87. The lowest BCUT2D eigenvalue weighted by Crippen LogP contribution is -2.04. The van der Waals surface area contributed by atoms with Crippen molar-refractivity contribution in [1.29, 1.82) is 5.26 Å². The van der Waals surface area contributed by atoms with E-state index in [0.717, 1.165) is 5.56 Å². The minimum absolute atomic E-state index is 0.0461. The summed E-state index contributed by atoms with van der Waals surface area (Å²) in [6.07, 6.45) is 0. The van der Waals surface area contributed by atoms with Gasteiger partial charge >= 0.3 is 0 Å². The summed E-state index contributed by atoms with van der Waals surface area (Å²) < 4.78 is 0. The van der Waals surface area contributed by atoms with Gasteiger partial charge in [0.15, 0.2) is 0 Å². The molecule has 1 unspecified atom stereocenters. The average molecular weight is 181 g/mol. The first-order chi connectivity index (χ1) is 5.65. The number of nitriles is 1. The smallest absolute Gasteiger partial charge is 0.101 e. The summed E-state index contributed by atoms with van der Waals surface area (Å²) >= 11 is 5.80. The standard InChI is InChI=1S/C9H9ClN2/c1-6(12)7-2-3-8(5-11)9(10)4-7/h2-4,6H,12H2,1H3. The van der Waals surface area contributed by atoms with Crippen molar-refractivity contribution in [2.45, 2.75) is 13.0 Å². The van der Waals surface area contributed by atoms with Gasteiger partial charge in [-0.05, 0) is 24.6 Å². The molecule has 0 amide bonds. The van der Waals surface area contributed by atoms with Crippen LogP contribution < -0.4 is 5.73 Å². The van der Waals surface area contributed by atoms with Gasteiger partial charge in [-0.1, -0.05) is 17.7 Å². The maximum Gasteiger partial charge on any atom is 0.101 e. The molecule has 0 radical (unpaired) electrons. The van der Waals surface area contributed by atoms with E-state index in [1.54, 1.807) is 12.1 Å². The first-order valence-electron chi connectivity index (χ1n) is 3.60. The molecule has 0 aliphatic rings. The molecule has 0 aliphatic carbocycles. The third-order valence-corrected chi connectivity index (χ3v) is 1.95. The van der Waals surface area contributed by atoms with E-state index in [0.29, 0.717) is 10.6 Å². The zero-order valence-electron chi connectivity index (χ0n) is 6.71. The number of rotatable bonds is 1. The van der Waals surface area contributed by atoms with E-state index in [2.05, 4.69) is 0 Å². The molecule has 0 heterocycles. The van der Waals surface area contributed by atoms with Crippen LogP contribution in [0.4, 0.5) is 0 Å². The second kappa shape index (κ2) is 3.57. The lowest BCUT2D eigenvalue weighted by Gasteiger charge is -2.05. The third kappa shape index (κ3) is 1.76. The number of halogens is 1. The summed E-state index contributed by atoms with van der Waals surface area (Å²) in [5.74, 6) is 0. The van der Waals surface area contributed by atoms with Gasteiger partial charge in [0.1, 0.15) is 6.07 Å². The van der Waals surface area contributed by atoms with Crippen molar-refractivity contribution < 1.29 is 0 Å². The van der Waals surface area contributed by atoms with Crippen LogP contribution >= 0.6 is 11.6 Å². The van der Waals surface area contributed by atoms with E-state index in [1.165, 1.54) is 0 Å². The first-order valence-corrected chi connectivity index (χ1v) is 3.98. The number of hydrogen-bond donors (Lipinski definition) is 1. The monoisotopic (exact) mass is 180 g/mol. The molecule has 0 fully saturated rings. The molecule has 0 bridgehead atoms. The van der Waals surface area contributed by atoms with Crippen molar-refractivity contribution in [3.8, 4) is 6.07 Å². The van der Waals surface area contributed by atoms with Crippen molar-refractivity contribution in [2.24, 2.45) is 5.73 Å². The normalized spacial score (nSPS) is 12.2. The average Bonchev–Trinajstić information content (AvgIpc) is 2.04. The fourth-order valence-electron chi connectivity index (χ4n) is 0.905. The van der Waals surface area contributed by atoms with Crippen molar-refractivity contribution >= 4 is 11.6 Å². The van der Waals surface area contributed by atoms with Gasteiger partial charge in [-0.25, -0.2) is 0 Å². The zero-order valence-corrected chi connectivity index (χ0v) is 7.47. The van der Waals surface area contributed by atoms with Crippen LogP contribution in [0.5, 0.6) is 0 Å². The Morgan fingerprint density at radius 3 is 2.67 bits per heavy atom. The highest BCUT2D eigenvalue weighted by molar-refractivity contribution is 6.31.